The fourth-order valence-electron chi connectivity index (χ4n) is 1.38. The quantitative estimate of drug-likeness (QED) is 0.924. The SMILES string of the molecule is Cc1oc(-c2cccc(F)c2Br)nc1C(=O)O. The normalized spacial score (nSPS) is 10.5. The Morgan fingerprint density at radius 1 is 1.53 bits per heavy atom. The summed E-state index contributed by atoms with van der Waals surface area (Å²) in [7, 11) is 0. The van der Waals surface area contributed by atoms with Crippen molar-refractivity contribution in [1.82, 2.24) is 4.98 Å². The van der Waals surface area contributed by atoms with E-state index in [4.69, 9.17) is 9.52 Å². The minimum Gasteiger partial charge on any atom is -0.476 e. The first-order valence-corrected chi connectivity index (χ1v) is 5.45. The number of hydrogen-bond acceptors (Lipinski definition) is 3. The molecular weight excluding hydrogens is 293 g/mol. The number of aromatic nitrogens is 1. The van der Waals surface area contributed by atoms with Crippen LogP contribution in [0.15, 0.2) is 27.1 Å². The molecule has 0 saturated carbocycles. The van der Waals surface area contributed by atoms with Crippen LogP contribution in [0.2, 0.25) is 0 Å². The predicted molar refractivity (Wildman–Crippen MR) is 61.3 cm³/mol. The van der Waals surface area contributed by atoms with Crippen molar-refractivity contribution in [3.05, 3.63) is 39.9 Å². The minimum atomic E-state index is -1.18. The number of rotatable bonds is 2. The molecule has 0 atom stereocenters. The zero-order chi connectivity index (χ0) is 12.6. The molecule has 0 aliphatic heterocycles. The topological polar surface area (TPSA) is 63.3 Å². The third-order valence-electron chi connectivity index (χ3n) is 2.18. The number of nitrogens with zero attached hydrogens (tertiary/aromatic N) is 1. The molecule has 1 N–H and O–H groups in total. The van der Waals surface area contributed by atoms with Crippen molar-refractivity contribution in [1.29, 1.82) is 0 Å². The zero-order valence-electron chi connectivity index (χ0n) is 8.70. The van der Waals surface area contributed by atoms with E-state index in [2.05, 4.69) is 20.9 Å². The third-order valence-corrected chi connectivity index (χ3v) is 2.99. The first-order valence-electron chi connectivity index (χ1n) is 4.66. The summed E-state index contributed by atoms with van der Waals surface area (Å²) in [6.45, 7) is 1.49. The lowest BCUT2D eigenvalue weighted by atomic mass is 10.2. The van der Waals surface area contributed by atoms with E-state index < -0.39 is 11.8 Å². The van der Waals surface area contributed by atoms with Gasteiger partial charge in [-0.15, -0.1) is 0 Å². The largest absolute Gasteiger partial charge is 0.476 e. The van der Waals surface area contributed by atoms with Gasteiger partial charge in [0.25, 0.3) is 0 Å². The maximum absolute atomic E-state index is 13.3. The molecule has 4 nitrogen and oxygen atoms in total. The highest BCUT2D eigenvalue weighted by Crippen LogP contribution is 2.30. The van der Waals surface area contributed by atoms with Crippen LogP contribution >= 0.6 is 15.9 Å². The zero-order valence-corrected chi connectivity index (χ0v) is 10.3. The third kappa shape index (κ3) is 2.08. The second-order valence-corrected chi connectivity index (χ2v) is 4.12. The van der Waals surface area contributed by atoms with E-state index >= 15 is 0 Å². The molecule has 0 fully saturated rings. The van der Waals surface area contributed by atoms with Gasteiger partial charge in [-0.2, -0.15) is 0 Å². The number of carboxylic acids is 1. The van der Waals surface area contributed by atoms with Crippen LogP contribution in [0.1, 0.15) is 16.2 Å². The molecule has 1 heterocycles. The summed E-state index contributed by atoms with van der Waals surface area (Å²) in [4.78, 5) is 14.6. The summed E-state index contributed by atoms with van der Waals surface area (Å²) in [5.74, 6) is -1.38. The van der Waals surface area contributed by atoms with Crippen molar-refractivity contribution < 1.29 is 18.7 Å². The Labute approximate surface area is 104 Å². The maximum atomic E-state index is 13.3. The monoisotopic (exact) mass is 299 g/mol. The van der Waals surface area contributed by atoms with Gasteiger partial charge in [0, 0.05) is 0 Å². The molecule has 17 heavy (non-hydrogen) atoms. The van der Waals surface area contributed by atoms with Gasteiger partial charge in [-0.05, 0) is 35.0 Å². The lowest BCUT2D eigenvalue weighted by Gasteiger charge is -1.99. The summed E-state index contributed by atoms with van der Waals surface area (Å²) in [6.07, 6.45) is 0. The fourth-order valence-corrected chi connectivity index (χ4v) is 1.81. The van der Waals surface area contributed by atoms with E-state index in [1.165, 1.54) is 19.1 Å². The van der Waals surface area contributed by atoms with Gasteiger partial charge >= 0.3 is 5.97 Å². The molecule has 0 bridgehead atoms. The Morgan fingerprint density at radius 2 is 2.24 bits per heavy atom. The molecule has 88 valence electrons. The van der Waals surface area contributed by atoms with E-state index in [-0.39, 0.29) is 21.8 Å². The van der Waals surface area contributed by atoms with Crippen LogP contribution in [0, 0.1) is 12.7 Å². The summed E-state index contributed by atoms with van der Waals surface area (Å²) in [6, 6.07) is 4.36. The second kappa shape index (κ2) is 4.29. The van der Waals surface area contributed by atoms with Crippen LogP contribution < -0.4 is 0 Å². The number of benzene rings is 1. The van der Waals surface area contributed by atoms with E-state index in [9.17, 15) is 9.18 Å². The van der Waals surface area contributed by atoms with Gasteiger partial charge in [-0.3, -0.25) is 0 Å². The highest BCUT2D eigenvalue weighted by molar-refractivity contribution is 9.10. The Bertz CT molecular complexity index is 594. The van der Waals surface area contributed by atoms with Gasteiger partial charge in [0.2, 0.25) is 5.89 Å². The maximum Gasteiger partial charge on any atom is 0.358 e. The standard InChI is InChI=1S/C11H7BrFNO3/c1-5-9(11(15)16)14-10(17-5)6-3-2-4-7(13)8(6)12/h2-4H,1H3,(H,15,16). The summed E-state index contributed by atoms with van der Waals surface area (Å²) >= 11 is 3.07. The molecular formula is C11H7BrFNO3. The van der Waals surface area contributed by atoms with Gasteiger partial charge in [0.15, 0.2) is 5.69 Å². The Balaban J connectivity index is 2.58. The van der Waals surface area contributed by atoms with Crippen LogP contribution in [-0.2, 0) is 0 Å². The molecule has 2 aromatic rings. The average molecular weight is 300 g/mol. The van der Waals surface area contributed by atoms with Gasteiger partial charge < -0.3 is 9.52 Å². The first-order chi connectivity index (χ1) is 8.00. The van der Waals surface area contributed by atoms with Crippen LogP contribution in [-0.4, -0.2) is 16.1 Å². The minimum absolute atomic E-state index is 0.0753. The predicted octanol–water partition coefficient (Wildman–Crippen LogP) is 3.25. The van der Waals surface area contributed by atoms with Crippen molar-refractivity contribution in [3.63, 3.8) is 0 Å². The lowest BCUT2D eigenvalue weighted by Crippen LogP contribution is -1.98. The number of halogens is 2. The fraction of sp³-hybridized carbons (Fsp3) is 0.0909. The molecule has 0 unspecified atom stereocenters. The van der Waals surface area contributed by atoms with Crippen LogP contribution in [0.3, 0.4) is 0 Å². The number of aryl methyl sites for hydroxylation is 1. The van der Waals surface area contributed by atoms with Crippen LogP contribution in [0.5, 0.6) is 0 Å². The number of hydrogen-bond donors (Lipinski definition) is 1. The number of carboxylic acid groups (broad SMARTS) is 1. The van der Waals surface area contributed by atoms with Gasteiger partial charge in [0.1, 0.15) is 11.6 Å². The molecule has 1 aromatic carbocycles. The molecule has 0 amide bonds. The number of carbonyl (C=O) groups is 1. The number of oxazole rings is 1. The first kappa shape index (κ1) is 11.8. The van der Waals surface area contributed by atoms with Gasteiger partial charge in [-0.1, -0.05) is 6.07 Å². The van der Waals surface area contributed by atoms with Crippen molar-refractivity contribution >= 4 is 21.9 Å². The Morgan fingerprint density at radius 3 is 2.82 bits per heavy atom. The van der Waals surface area contributed by atoms with Crippen molar-refractivity contribution in [2.45, 2.75) is 6.92 Å². The highest BCUT2D eigenvalue weighted by atomic mass is 79.9. The van der Waals surface area contributed by atoms with Gasteiger partial charge in [-0.25, -0.2) is 14.2 Å². The molecule has 0 aliphatic carbocycles. The van der Waals surface area contributed by atoms with E-state index in [1.54, 1.807) is 6.07 Å². The van der Waals surface area contributed by atoms with E-state index in [0.717, 1.165) is 0 Å². The lowest BCUT2D eigenvalue weighted by molar-refractivity contribution is 0.0689. The van der Waals surface area contributed by atoms with Crippen molar-refractivity contribution in [3.8, 4) is 11.5 Å². The second-order valence-electron chi connectivity index (χ2n) is 3.33. The van der Waals surface area contributed by atoms with E-state index in [0.29, 0.717) is 5.56 Å². The Hall–Kier alpha value is -1.69. The van der Waals surface area contributed by atoms with Crippen molar-refractivity contribution in [2.24, 2.45) is 0 Å². The average Bonchev–Trinajstić information content (AvgIpc) is 2.64. The smallest absolute Gasteiger partial charge is 0.358 e. The molecule has 6 heteroatoms. The highest BCUT2D eigenvalue weighted by Gasteiger charge is 2.19. The summed E-state index contributed by atoms with van der Waals surface area (Å²) in [5, 5.41) is 8.84. The summed E-state index contributed by atoms with van der Waals surface area (Å²) in [5.41, 5.74) is 0.205. The van der Waals surface area contributed by atoms with Crippen LogP contribution in [0.25, 0.3) is 11.5 Å². The number of aromatic carboxylic acids is 1. The van der Waals surface area contributed by atoms with Crippen molar-refractivity contribution in [2.75, 3.05) is 0 Å². The van der Waals surface area contributed by atoms with E-state index in [1.807, 2.05) is 0 Å². The molecule has 2 rings (SSSR count). The Kier molecular flexibility index (Phi) is 2.97. The van der Waals surface area contributed by atoms with Gasteiger partial charge in [0.05, 0.1) is 10.0 Å². The molecule has 0 aliphatic rings. The molecule has 1 aromatic heterocycles. The molecule has 0 spiro atoms. The molecule has 0 radical (unpaired) electrons. The molecule has 0 saturated heterocycles. The van der Waals surface area contributed by atoms with Crippen LogP contribution in [0.4, 0.5) is 4.39 Å². The summed E-state index contributed by atoms with van der Waals surface area (Å²) < 4.78 is 18.7.